The smallest absolute Gasteiger partial charge is 0.0729 e. The number of hydrogen-bond acceptors (Lipinski definition) is 3. The molecule has 16 heavy (non-hydrogen) atoms. The molecule has 2 aliphatic heterocycles. The van der Waals surface area contributed by atoms with Gasteiger partial charge in [-0.3, -0.25) is 0 Å². The van der Waals surface area contributed by atoms with E-state index in [-0.39, 0.29) is 5.60 Å². The molecule has 0 aromatic heterocycles. The molecule has 2 saturated heterocycles. The van der Waals surface area contributed by atoms with E-state index in [1.54, 1.807) is 0 Å². The molecule has 2 aliphatic rings. The molecular weight excluding hydrogens is 202 g/mol. The van der Waals surface area contributed by atoms with Crippen LogP contribution < -0.4 is 5.73 Å². The third-order valence-corrected chi connectivity index (χ3v) is 4.36. The van der Waals surface area contributed by atoms with Crippen LogP contribution >= 0.6 is 0 Å². The van der Waals surface area contributed by atoms with Gasteiger partial charge >= 0.3 is 0 Å². The fourth-order valence-corrected chi connectivity index (χ4v) is 3.14. The zero-order valence-electron chi connectivity index (χ0n) is 10.4. The van der Waals surface area contributed by atoms with E-state index in [2.05, 4.69) is 6.92 Å². The van der Waals surface area contributed by atoms with Gasteiger partial charge in [0.1, 0.15) is 0 Å². The van der Waals surface area contributed by atoms with Crippen molar-refractivity contribution in [2.24, 2.45) is 17.6 Å². The van der Waals surface area contributed by atoms with Crippen molar-refractivity contribution in [1.82, 2.24) is 0 Å². The van der Waals surface area contributed by atoms with Crippen LogP contribution in [-0.4, -0.2) is 32.0 Å². The molecule has 0 saturated carbocycles. The van der Waals surface area contributed by atoms with E-state index in [0.29, 0.717) is 0 Å². The van der Waals surface area contributed by atoms with Gasteiger partial charge in [-0.2, -0.15) is 0 Å². The third-order valence-electron chi connectivity index (χ3n) is 4.36. The maximum Gasteiger partial charge on any atom is 0.0729 e. The summed E-state index contributed by atoms with van der Waals surface area (Å²) in [7, 11) is 0. The quantitative estimate of drug-likeness (QED) is 0.801. The summed E-state index contributed by atoms with van der Waals surface area (Å²) in [6.45, 7) is 5.83. The fourth-order valence-electron chi connectivity index (χ4n) is 3.14. The standard InChI is InChI=1S/C13H25NO2/c1-11(2-6-14)12-3-7-16-13(10-12)4-8-15-9-5-13/h11-12H,2-10,14H2,1H3. The number of rotatable bonds is 3. The fraction of sp³-hybridized carbons (Fsp3) is 1.00. The molecule has 0 aromatic rings. The molecule has 2 heterocycles. The predicted molar refractivity (Wildman–Crippen MR) is 64.3 cm³/mol. The van der Waals surface area contributed by atoms with Crippen molar-refractivity contribution in [3.8, 4) is 0 Å². The molecule has 2 unspecified atom stereocenters. The first-order valence-electron chi connectivity index (χ1n) is 6.67. The second-order valence-electron chi connectivity index (χ2n) is 5.45. The molecule has 0 radical (unpaired) electrons. The molecule has 1 spiro atoms. The van der Waals surface area contributed by atoms with Crippen molar-refractivity contribution in [3.63, 3.8) is 0 Å². The highest BCUT2D eigenvalue weighted by Crippen LogP contribution is 2.40. The van der Waals surface area contributed by atoms with Crippen LogP contribution in [0.5, 0.6) is 0 Å². The zero-order valence-corrected chi connectivity index (χ0v) is 10.4. The molecule has 2 fully saturated rings. The van der Waals surface area contributed by atoms with Crippen molar-refractivity contribution in [2.75, 3.05) is 26.4 Å². The molecule has 0 amide bonds. The van der Waals surface area contributed by atoms with E-state index >= 15 is 0 Å². The average Bonchev–Trinajstić information content (AvgIpc) is 2.30. The maximum absolute atomic E-state index is 6.05. The first kappa shape index (κ1) is 12.3. The Hall–Kier alpha value is -0.120. The Labute approximate surface area is 98.7 Å². The Bertz CT molecular complexity index is 208. The minimum atomic E-state index is 0.143. The van der Waals surface area contributed by atoms with Crippen LogP contribution in [0.1, 0.15) is 39.0 Å². The van der Waals surface area contributed by atoms with Crippen LogP contribution in [0.4, 0.5) is 0 Å². The van der Waals surface area contributed by atoms with Gasteiger partial charge < -0.3 is 15.2 Å². The highest BCUT2D eigenvalue weighted by atomic mass is 16.5. The topological polar surface area (TPSA) is 44.5 Å². The second kappa shape index (κ2) is 5.48. The van der Waals surface area contributed by atoms with E-state index < -0.39 is 0 Å². The summed E-state index contributed by atoms with van der Waals surface area (Å²) in [4.78, 5) is 0. The van der Waals surface area contributed by atoms with Crippen molar-refractivity contribution in [3.05, 3.63) is 0 Å². The lowest BCUT2D eigenvalue weighted by atomic mass is 9.75. The van der Waals surface area contributed by atoms with Gasteiger partial charge in [-0.05, 0) is 50.5 Å². The summed E-state index contributed by atoms with van der Waals surface area (Å²) >= 11 is 0. The molecule has 3 nitrogen and oxygen atoms in total. The summed E-state index contributed by atoms with van der Waals surface area (Å²) < 4.78 is 11.5. The normalized spacial score (nSPS) is 31.5. The lowest BCUT2D eigenvalue weighted by Gasteiger charge is -2.45. The summed E-state index contributed by atoms with van der Waals surface area (Å²) in [5.41, 5.74) is 5.80. The van der Waals surface area contributed by atoms with Gasteiger partial charge in [0.25, 0.3) is 0 Å². The molecule has 2 atom stereocenters. The summed E-state index contributed by atoms with van der Waals surface area (Å²) in [6.07, 6.45) is 5.75. The van der Waals surface area contributed by atoms with Crippen LogP contribution in [0.25, 0.3) is 0 Å². The van der Waals surface area contributed by atoms with Gasteiger partial charge in [0.2, 0.25) is 0 Å². The van der Waals surface area contributed by atoms with Crippen molar-refractivity contribution < 1.29 is 9.47 Å². The van der Waals surface area contributed by atoms with E-state index in [1.807, 2.05) is 0 Å². The van der Waals surface area contributed by atoms with Gasteiger partial charge in [-0.1, -0.05) is 6.92 Å². The van der Waals surface area contributed by atoms with E-state index in [4.69, 9.17) is 15.2 Å². The second-order valence-corrected chi connectivity index (χ2v) is 5.45. The summed E-state index contributed by atoms with van der Waals surface area (Å²) in [6, 6.07) is 0. The van der Waals surface area contributed by atoms with E-state index in [1.165, 1.54) is 12.8 Å². The molecule has 3 heteroatoms. The molecular formula is C13H25NO2. The highest BCUT2D eigenvalue weighted by Gasteiger charge is 2.40. The SMILES string of the molecule is CC(CCN)C1CCOC2(CCOCC2)C1. The Morgan fingerprint density at radius 1 is 1.31 bits per heavy atom. The lowest BCUT2D eigenvalue weighted by Crippen LogP contribution is -2.45. The van der Waals surface area contributed by atoms with Crippen LogP contribution in [-0.2, 0) is 9.47 Å². The van der Waals surface area contributed by atoms with Crippen LogP contribution in [0.2, 0.25) is 0 Å². The van der Waals surface area contributed by atoms with Crippen molar-refractivity contribution in [1.29, 1.82) is 0 Å². The number of hydrogen-bond donors (Lipinski definition) is 1. The van der Waals surface area contributed by atoms with E-state index in [0.717, 1.165) is 57.5 Å². The Morgan fingerprint density at radius 2 is 2.06 bits per heavy atom. The largest absolute Gasteiger partial charge is 0.381 e. The maximum atomic E-state index is 6.05. The number of nitrogens with two attached hydrogens (primary N) is 1. The van der Waals surface area contributed by atoms with Crippen LogP contribution in [0.15, 0.2) is 0 Å². The Morgan fingerprint density at radius 3 is 2.75 bits per heavy atom. The lowest BCUT2D eigenvalue weighted by molar-refractivity contribution is -0.152. The van der Waals surface area contributed by atoms with Gasteiger partial charge in [-0.15, -0.1) is 0 Å². The first-order chi connectivity index (χ1) is 7.76. The molecule has 0 bridgehead atoms. The predicted octanol–water partition coefficient (Wildman–Crippen LogP) is 1.95. The minimum absolute atomic E-state index is 0.143. The summed E-state index contributed by atoms with van der Waals surface area (Å²) in [5, 5.41) is 0. The molecule has 2 N–H and O–H groups in total. The Balaban J connectivity index is 1.92. The van der Waals surface area contributed by atoms with Gasteiger partial charge in [0, 0.05) is 19.8 Å². The van der Waals surface area contributed by atoms with Gasteiger partial charge in [0.05, 0.1) is 5.60 Å². The van der Waals surface area contributed by atoms with Crippen LogP contribution in [0, 0.1) is 11.8 Å². The van der Waals surface area contributed by atoms with E-state index in [9.17, 15) is 0 Å². The summed E-state index contributed by atoms with van der Waals surface area (Å²) in [5.74, 6) is 1.55. The molecule has 0 aliphatic carbocycles. The molecule has 0 aromatic carbocycles. The first-order valence-corrected chi connectivity index (χ1v) is 6.67. The molecule has 2 rings (SSSR count). The van der Waals surface area contributed by atoms with Gasteiger partial charge in [0.15, 0.2) is 0 Å². The van der Waals surface area contributed by atoms with Crippen molar-refractivity contribution in [2.45, 2.75) is 44.6 Å². The van der Waals surface area contributed by atoms with Crippen molar-refractivity contribution >= 4 is 0 Å². The monoisotopic (exact) mass is 227 g/mol. The van der Waals surface area contributed by atoms with Crippen LogP contribution in [0.3, 0.4) is 0 Å². The molecule has 94 valence electrons. The zero-order chi connectivity index (χ0) is 11.4. The number of ether oxygens (including phenoxy) is 2. The Kier molecular flexibility index (Phi) is 4.22. The van der Waals surface area contributed by atoms with Gasteiger partial charge in [-0.25, -0.2) is 0 Å². The average molecular weight is 227 g/mol. The highest BCUT2D eigenvalue weighted by molar-refractivity contribution is 4.90. The third kappa shape index (κ3) is 2.76. The minimum Gasteiger partial charge on any atom is -0.381 e.